The highest BCUT2D eigenvalue weighted by molar-refractivity contribution is 5.92. The zero-order valence-electron chi connectivity index (χ0n) is 17.3. The van der Waals surface area contributed by atoms with E-state index in [1.807, 2.05) is 23.1 Å². The van der Waals surface area contributed by atoms with E-state index in [1.165, 1.54) is 6.26 Å². The van der Waals surface area contributed by atoms with Crippen LogP contribution in [0.3, 0.4) is 0 Å². The number of pyridine rings is 1. The van der Waals surface area contributed by atoms with Crippen LogP contribution in [0, 0.1) is 11.8 Å². The van der Waals surface area contributed by atoms with Crippen LogP contribution in [0.5, 0.6) is 0 Å². The Morgan fingerprint density at radius 1 is 1.16 bits per heavy atom. The average Bonchev–Trinajstić information content (AvgIpc) is 3.33. The van der Waals surface area contributed by atoms with Crippen molar-refractivity contribution >= 4 is 17.7 Å². The molecule has 5 rings (SSSR count). The maximum absolute atomic E-state index is 13.3. The number of hydrogen-bond donors (Lipinski definition) is 1. The van der Waals surface area contributed by atoms with Crippen LogP contribution in [0.1, 0.15) is 41.9 Å². The minimum Gasteiger partial charge on any atom is -0.459 e. The van der Waals surface area contributed by atoms with Crippen LogP contribution in [0.4, 0.5) is 0 Å². The highest BCUT2D eigenvalue weighted by atomic mass is 16.3. The summed E-state index contributed by atoms with van der Waals surface area (Å²) in [7, 11) is 0. The molecule has 3 saturated heterocycles. The van der Waals surface area contributed by atoms with Crippen LogP contribution in [0.25, 0.3) is 0 Å². The zero-order chi connectivity index (χ0) is 21.4. The van der Waals surface area contributed by atoms with E-state index < -0.39 is 6.04 Å². The Balaban J connectivity index is 1.39. The van der Waals surface area contributed by atoms with Gasteiger partial charge < -0.3 is 19.5 Å². The molecule has 2 bridgehead atoms. The SMILES string of the molecule is O=C(NCc1ccccn1)[C@H]1[C@@H]2C[C@@H](CN(C(=O)c3ccco3)C2)[C@@H]2CCCC(=O)N21. The predicted octanol–water partition coefficient (Wildman–Crippen LogP) is 1.83. The van der Waals surface area contributed by atoms with Crippen molar-refractivity contribution in [3.8, 4) is 0 Å². The summed E-state index contributed by atoms with van der Waals surface area (Å²) in [6.07, 6.45) is 6.21. The van der Waals surface area contributed by atoms with Gasteiger partial charge in [-0.05, 0) is 49.4 Å². The molecule has 3 fully saturated rings. The van der Waals surface area contributed by atoms with Gasteiger partial charge in [0.2, 0.25) is 11.8 Å². The summed E-state index contributed by atoms with van der Waals surface area (Å²) in [5, 5.41) is 2.98. The molecule has 2 aromatic rings. The number of nitrogens with zero attached hydrogens (tertiary/aromatic N) is 3. The molecule has 31 heavy (non-hydrogen) atoms. The molecule has 0 radical (unpaired) electrons. The van der Waals surface area contributed by atoms with Gasteiger partial charge in [0.05, 0.1) is 18.5 Å². The van der Waals surface area contributed by atoms with Gasteiger partial charge in [-0.3, -0.25) is 19.4 Å². The summed E-state index contributed by atoms with van der Waals surface area (Å²) < 4.78 is 5.31. The summed E-state index contributed by atoms with van der Waals surface area (Å²) in [5.74, 6) is 0.133. The normalized spacial score (nSPS) is 27.5. The molecule has 8 nitrogen and oxygen atoms in total. The molecule has 5 heterocycles. The number of nitrogens with one attached hydrogen (secondary N) is 1. The average molecular weight is 422 g/mol. The Kier molecular flexibility index (Phi) is 5.21. The van der Waals surface area contributed by atoms with Crippen molar-refractivity contribution in [2.24, 2.45) is 11.8 Å². The second-order valence-corrected chi connectivity index (χ2v) is 8.69. The number of carbonyl (C=O) groups is 3. The molecule has 0 unspecified atom stereocenters. The van der Waals surface area contributed by atoms with Gasteiger partial charge in [-0.15, -0.1) is 0 Å². The smallest absolute Gasteiger partial charge is 0.289 e. The maximum atomic E-state index is 13.3. The molecule has 162 valence electrons. The molecule has 0 saturated carbocycles. The van der Waals surface area contributed by atoms with Crippen molar-refractivity contribution in [1.29, 1.82) is 0 Å². The summed E-state index contributed by atoms with van der Waals surface area (Å²) in [4.78, 5) is 47.1. The topological polar surface area (TPSA) is 95.7 Å². The van der Waals surface area contributed by atoms with Gasteiger partial charge in [-0.25, -0.2) is 0 Å². The van der Waals surface area contributed by atoms with Gasteiger partial charge in [0.15, 0.2) is 5.76 Å². The first kappa shape index (κ1) is 19.8. The maximum Gasteiger partial charge on any atom is 0.289 e. The molecule has 0 spiro atoms. The van der Waals surface area contributed by atoms with Gasteiger partial charge in [0.25, 0.3) is 5.91 Å². The Labute approximate surface area is 180 Å². The number of likely N-dealkylation sites (tertiary alicyclic amines) is 1. The number of piperidine rings is 3. The number of carbonyl (C=O) groups excluding carboxylic acids is 3. The van der Waals surface area contributed by atoms with Gasteiger partial charge >= 0.3 is 0 Å². The van der Waals surface area contributed by atoms with Crippen LogP contribution in [-0.2, 0) is 16.1 Å². The zero-order valence-corrected chi connectivity index (χ0v) is 17.3. The van der Waals surface area contributed by atoms with Crippen molar-refractivity contribution in [2.75, 3.05) is 13.1 Å². The van der Waals surface area contributed by atoms with E-state index in [1.54, 1.807) is 23.2 Å². The van der Waals surface area contributed by atoms with Crippen molar-refractivity contribution in [3.05, 3.63) is 54.2 Å². The summed E-state index contributed by atoms with van der Waals surface area (Å²) in [5.41, 5.74) is 0.768. The first-order chi connectivity index (χ1) is 15.1. The molecule has 3 aliphatic rings. The van der Waals surface area contributed by atoms with Gasteiger partial charge in [0, 0.05) is 37.7 Å². The standard InChI is InChI=1S/C23H26N4O4/c28-20-8-3-6-18-15-11-16(14-26(13-15)23(30)19-7-4-10-31-19)21(27(18)20)22(29)25-12-17-5-1-2-9-24-17/h1-2,4-5,7,9-10,15-16,18,21H,3,6,8,11-14H2,(H,25,29)/t15-,16+,18-,21+/m0/s1. The number of amides is 3. The van der Waals surface area contributed by atoms with Crippen LogP contribution in [-0.4, -0.2) is 57.7 Å². The monoisotopic (exact) mass is 422 g/mol. The molecular formula is C23H26N4O4. The predicted molar refractivity (Wildman–Crippen MR) is 111 cm³/mol. The number of rotatable bonds is 4. The highest BCUT2D eigenvalue weighted by Crippen LogP contribution is 2.42. The molecule has 2 aromatic heterocycles. The molecule has 0 aliphatic carbocycles. The van der Waals surface area contributed by atoms with E-state index in [9.17, 15) is 14.4 Å². The minimum atomic E-state index is -0.565. The summed E-state index contributed by atoms with van der Waals surface area (Å²) >= 11 is 0. The number of furan rings is 1. The molecule has 0 aromatic carbocycles. The number of aromatic nitrogens is 1. The first-order valence-corrected chi connectivity index (χ1v) is 10.9. The number of fused-ring (bicyclic) bond motifs is 4. The van der Waals surface area contributed by atoms with Crippen LogP contribution < -0.4 is 5.32 Å². The molecule has 3 amide bonds. The van der Waals surface area contributed by atoms with Gasteiger partial charge in [0.1, 0.15) is 6.04 Å². The molecule has 3 aliphatic heterocycles. The van der Waals surface area contributed by atoms with Crippen LogP contribution >= 0.6 is 0 Å². The first-order valence-electron chi connectivity index (χ1n) is 10.9. The second-order valence-electron chi connectivity index (χ2n) is 8.69. The molecule has 1 N–H and O–H groups in total. The lowest BCUT2D eigenvalue weighted by Crippen LogP contribution is -2.68. The van der Waals surface area contributed by atoms with Gasteiger partial charge in [-0.2, -0.15) is 0 Å². The van der Waals surface area contributed by atoms with E-state index in [4.69, 9.17) is 4.42 Å². The summed E-state index contributed by atoms with van der Waals surface area (Å²) in [6, 6.07) is 8.36. The Morgan fingerprint density at radius 2 is 2.03 bits per heavy atom. The second kappa shape index (κ2) is 8.17. The Hall–Kier alpha value is -3.16. The lowest BCUT2D eigenvalue weighted by atomic mass is 9.71. The van der Waals surface area contributed by atoms with Crippen molar-refractivity contribution in [3.63, 3.8) is 0 Å². The van der Waals surface area contributed by atoms with E-state index >= 15 is 0 Å². The van der Waals surface area contributed by atoms with Crippen molar-refractivity contribution in [2.45, 2.75) is 44.3 Å². The Morgan fingerprint density at radius 3 is 2.81 bits per heavy atom. The third-order valence-electron chi connectivity index (χ3n) is 6.80. The fourth-order valence-corrected chi connectivity index (χ4v) is 5.50. The van der Waals surface area contributed by atoms with E-state index in [0.29, 0.717) is 31.8 Å². The Bertz CT molecular complexity index is 961. The van der Waals surface area contributed by atoms with E-state index in [2.05, 4.69) is 10.3 Å². The fourth-order valence-electron chi connectivity index (χ4n) is 5.50. The lowest BCUT2D eigenvalue weighted by Gasteiger charge is -2.55. The van der Waals surface area contributed by atoms with Gasteiger partial charge in [-0.1, -0.05) is 6.07 Å². The molecule has 8 heteroatoms. The third-order valence-corrected chi connectivity index (χ3v) is 6.80. The lowest BCUT2D eigenvalue weighted by molar-refractivity contribution is -0.159. The van der Waals surface area contributed by atoms with E-state index in [-0.39, 0.29) is 35.6 Å². The van der Waals surface area contributed by atoms with Crippen LogP contribution in [0.15, 0.2) is 47.2 Å². The van der Waals surface area contributed by atoms with Crippen LogP contribution in [0.2, 0.25) is 0 Å². The largest absolute Gasteiger partial charge is 0.459 e. The summed E-state index contributed by atoms with van der Waals surface area (Å²) in [6.45, 7) is 1.34. The molecular weight excluding hydrogens is 396 g/mol. The molecule has 4 atom stereocenters. The minimum absolute atomic E-state index is 0.00435. The fraction of sp³-hybridized carbons (Fsp3) is 0.478. The third kappa shape index (κ3) is 3.71. The number of hydrogen-bond acceptors (Lipinski definition) is 5. The van der Waals surface area contributed by atoms with Crippen molar-refractivity contribution in [1.82, 2.24) is 20.1 Å². The highest BCUT2D eigenvalue weighted by Gasteiger charge is 2.52. The van der Waals surface area contributed by atoms with Crippen molar-refractivity contribution < 1.29 is 18.8 Å². The quantitative estimate of drug-likeness (QED) is 0.811. The van der Waals surface area contributed by atoms with E-state index in [0.717, 1.165) is 25.0 Å².